The highest BCUT2D eigenvalue weighted by molar-refractivity contribution is 7.15. The van der Waals surface area contributed by atoms with Crippen molar-refractivity contribution in [1.29, 1.82) is 0 Å². The van der Waals surface area contributed by atoms with Gasteiger partial charge in [0.15, 0.2) is 0 Å². The van der Waals surface area contributed by atoms with Crippen LogP contribution in [0.1, 0.15) is 36.8 Å². The summed E-state index contributed by atoms with van der Waals surface area (Å²) < 4.78 is 6.23. The van der Waals surface area contributed by atoms with Crippen molar-refractivity contribution in [3.8, 4) is 16.3 Å². The number of thiazole rings is 1. The first-order valence-electron chi connectivity index (χ1n) is 11.4. The highest BCUT2D eigenvalue weighted by Crippen LogP contribution is 2.35. The molecule has 1 aromatic heterocycles. The summed E-state index contributed by atoms with van der Waals surface area (Å²) >= 11 is 1.71. The number of ether oxygens (including phenoxy) is 1. The third-order valence-corrected chi connectivity index (χ3v) is 8.22. The van der Waals surface area contributed by atoms with Crippen LogP contribution in [-0.2, 0) is 17.8 Å². The first kappa shape index (κ1) is 20.9. The van der Waals surface area contributed by atoms with Crippen LogP contribution in [0, 0.1) is 0 Å². The number of nitrogens with zero attached hydrogens (tertiary/aromatic N) is 4. The minimum atomic E-state index is 0.141. The number of rotatable bonds is 5. The van der Waals surface area contributed by atoms with E-state index in [0.29, 0.717) is 24.7 Å². The second kappa shape index (κ2) is 8.52. The number of carbonyl (C=O) groups excluding carboxylic acids is 1. The second-order valence-corrected chi connectivity index (χ2v) is 10.5. The van der Waals surface area contributed by atoms with Gasteiger partial charge in [0.05, 0.1) is 12.2 Å². The van der Waals surface area contributed by atoms with Gasteiger partial charge in [-0.05, 0) is 44.8 Å². The van der Waals surface area contributed by atoms with Gasteiger partial charge < -0.3 is 14.5 Å². The lowest BCUT2D eigenvalue weighted by Crippen LogP contribution is -2.49. The van der Waals surface area contributed by atoms with Gasteiger partial charge in [0.2, 0.25) is 5.91 Å². The van der Waals surface area contributed by atoms with Crippen LogP contribution in [0.15, 0.2) is 24.3 Å². The molecule has 3 aliphatic rings. The first-order chi connectivity index (χ1) is 15.0. The molecule has 1 amide bonds. The second-order valence-electron chi connectivity index (χ2n) is 9.37. The predicted octanol–water partition coefficient (Wildman–Crippen LogP) is 3.26. The zero-order chi connectivity index (χ0) is 21.5. The fourth-order valence-electron chi connectivity index (χ4n) is 4.91. The fourth-order valence-corrected chi connectivity index (χ4v) is 6.04. The summed E-state index contributed by atoms with van der Waals surface area (Å²) in [5.41, 5.74) is 2.27. The zero-order valence-electron chi connectivity index (χ0n) is 18.7. The van der Waals surface area contributed by atoms with Gasteiger partial charge in [0.1, 0.15) is 16.9 Å². The average Bonchev–Trinajstić information content (AvgIpc) is 3.37. The Hall–Kier alpha value is -1.96. The molecule has 5 rings (SSSR count). The third-order valence-electron chi connectivity index (χ3n) is 7.09. The molecule has 2 aliphatic heterocycles. The Bertz CT molecular complexity index is 936. The highest BCUT2D eigenvalue weighted by Gasteiger charge is 2.38. The first-order valence-corrected chi connectivity index (χ1v) is 12.2. The largest absolute Gasteiger partial charge is 0.490 e. The van der Waals surface area contributed by atoms with Crippen molar-refractivity contribution in [2.45, 2.75) is 57.3 Å². The van der Waals surface area contributed by atoms with Crippen molar-refractivity contribution in [3.63, 3.8) is 0 Å². The number of benzene rings is 1. The van der Waals surface area contributed by atoms with E-state index in [4.69, 9.17) is 9.72 Å². The Labute approximate surface area is 188 Å². The van der Waals surface area contributed by atoms with E-state index in [0.717, 1.165) is 47.8 Å². The maximum absolute atomic E-state index is 11.7. The standard InChI is InChI=1S/C24H32N4O2S/c1-16(29)27-11-9-22-23(15-27)31-24(25-22)17-4-6-20(7-5-17)30-21-12-19(13-21)28-10-8-18(14-28)26(2)3/h4-7,18-19,21H,8-15H2,1-3H3/t18?,19-,21-. The monoisotopic (exact) mass is 440 g/mol. The van der Waals surface area contributed by atoms with Crippen LogP contribution in [0.5, 0.6) is 5.75 Å². The van der Waals surface area contributed by atoms with Gasteiger partial charge in [-0.1, -0.05) is 0 Å². The Morgan fingerprint density at radius 3 is 2.65 bits per heavy atom. The van der Waals surface area contributed by atoms with Gasteiger partial charge in [0, 0.05) is 68.3 Å². The molecule has 2 aromatic rings. The molecule has 0 N–H and O–H groups in total. The lowest BCUT2D eigenvalue weighted by Gasteiger charge is -2.41. The maximum Gasteiger partial charge on any atom is 0.219 e. The summed E-state index contributed by atoms with van der Waals surface area (Å²) in [7, 11) is 4.37. The quantitative estimate of drug-likeness (QED) is 0.714. The van der Waals surface area contributed by atoms with E-state index in [-0.39, 0.29) is 5.91 Å². The van der Waals surface area contributed by atoms with Crippen LogP contribution in [0.4, 0.5) is 0 Å². The molecular formula is C24H32N4O2S. The van der Waals surface area contributed by atoms with Crippen LogP contribution < -0.4 is 4.74 Å². The van der Waals surface area contributed by atoms with E-state index in [1.807, 2.05) is 4.90 Å². The normalized spacial score (nSPS) is 26.1. The van der Waals surface area contributed by atoms with Gasteiger partial charge in [-0.25, -0.2) is 4.98 Å². The van der Waals surface area contributed by atoms with E-state index in [2.05, 4.69) is 48.2 Å². The number of fused-ring (bicyclic) bond motifs is 1. The summed E-state index contributed by atoms with van der Waals surface area (Å²) in [6.07, 6.45) is 4.73. The van der Waals surface area contributed by atoms with Crippen LogP contribution in [0.25, 0.3) is 10.6 Å². The maximum atomic E-state index is 11.7. The molecule has 2 fully saturated rings. The molecular weight excluding hydrogens is 408 g/mol. The van der Waals surface area contributed by atoms with Crippen molar-refractivity contribution < 1.29 is 9.53 Å². The van der Waals surface area contributed by atoms with Gasteiger partial charge >= 0.3 is 0 Å². The lowest BCUT2D eigenvalue weighted by molar-refractivity contribution is -0.129. The molecule has 1 saturated heterocycles. The minimum Gasteiger partial charge on any atom is -0.490 e. The molecule has 6 nitrogen and oxygen atoms in total. The van der Waals surface area contributed by atoms with Crippen LogP contribution >= 0.6 is 11.3 Å². The van der Waals surface area contributed by atoms with Gasteiger partial charge in [-0.3, -0.25) is 9.69 Å². The topological polar surface area (TPSA) is 48.9 Å². The number of carbonyl (C=O) groups is 1. The third kappa shape index (κ3) is 4.36. The molecule has 7 heteroatoms. The molecule has 1 aliphatic carbocycles. The Morgan fingerprint density at radius 2 is 1.97 bits per heavy atom. The number of likely N-dealkylation sites (N-methyl/N-ethyl adjacent to an activating group) is 1. The molecule has 0 spiro atoms. The number of likely N-dealkylation sites (tertiary alicyclic amines) is 1. The number of aromatic nitrogens is 1. The molecule has 0 radical (unpaired) electrons. The van der Waals surface area contributed by atoms with Crippen LogP contribution in [-0.4, -0.2) is 77.5 Å². The summed E-state index contributed by atoms with van der Waals surface area (Å²) in [5.74, 6) is 1.09. The zero-order valence-corrected chi connectivity index (χ0v) is 19.5. The van der Waals surface area contributed by atoms with Crippen molar-refractivity contribution in [1.82, 2.24) is 19.7 Å². The van der Waals surface area contributed by atoms with E-state index in [1.165, 1.54) is 24.4 Å². The smallest absolute Gasteiger partial charge is 0.219 e. The molecule has 1 saturated carbocycles. The lowest BCUT2D eigenvalue weighted by atomic mass is 9.88. The summed E-state index contributed by atoms with van der Waals surface area (Å²) in [6.45, 7) is 5.52. The van der Waals surface area contributed by atoms with E-state index >= 15 is 0 Å². The Balaban J connectivity index is 1.15. The average molecular weight is 441 g/mol. The van der Waals surface area contributed by atoms with Gasteiger partial charge in [-0.15, -0.1) is 11.3 Å². The number of amides is 1. The SMILES string of the molecule is CC(=O)N1CCc2nc(-c3ccc(O[C@H]4C[C@H](N5CCC(N(C)C)C5)C4)cc3)sc2C1. The molecule has 166 valence electrons. The Morgan fingerprint density at radius 1 is 1.19 bits per heavy atom. The summed E-state index contributed by atoms with van der Waals surface area (Å²) in [4.78, 5) is 24.6. The van der Waals surface area contributed by atoms with E-state index < -0.39 is 0 Å². The van der Waals surface area contributed by atoms with Crippen molar-refractivity contribution in [3.05, 3.63) is 34.8 Å². The van der Waals surface area contributed by atoms with E-state index in [9.17, 15) is 4.79 Å². The summed E-state index contributed by atoms with van der Waals surface area (Å²) in [6, 6.07) is 9.76. The molecule has 31 heavy (non-hydrogen) atoms. The highest BCUT2D eigenvalue weighted by atomic mass is 32.1. The molecule has 0 bridgehead atoms. The van der Waals surface area contributed by atoms with Crippen LogP contribution in [0.2, 0.25) is 0 Å². The molecule has 1 unspecified atom stereocenters. The van der Waals surface area contributed by atoms with Crippen molar-refractivity contribution >= 4 is 17.2 Å². The Kier molecular flexibility index (Phi) is 5.75. The molecule has 1 atom stereocenters. The van der Waals surface area contributed by atoms with Gasteiger partial charge in [-0.2, -0.15) is 0 Å². The minimum absolute atomic E-state index is 0.141. The molecule has 3 heterocycles. The summed E-state index contributed by atoms with van der Waals surface area (Å²) in [5, 5.41) is 1.04. The van der Waals surface area contributed by atoms with E-state index in [1.54, 1.807) is 18.3 Å². The number of hydrogen-bond donors (Lipinski definition) is 0. The fraction of sp³-hybridized carbons (Fsp3) is 0.583. The van der Waals surface area contributed by atoms with Crippen molar-refractivity contribution in [2.75, 3.05) is 33.7 Å². The van der Waals surface area contributed by atoms with Crippen LogP contribution in [0.3, 0.4) is 0 Å². The molecule has 1 aromatic carbocycles. The number of hydrogen-bond acceptors (Lipinski definition) is 6. The predicted molar refractivity (Wildman–Crippen MR) is 123 cm³/mol. The van der Waals surface area contributed by atoms with Gasteiger partial charge in [0.25, 0.3) is 0 Å². The van der Waals surface area contributed by atoms with Crippen molar-refractivity contribution in [2.24, 2.45) is 0 Å².